The Labute approximate surface area is 179 Å². The molecule has 0 radical (unpaired) electrons. The molecule has 30 heavy (non-hydrogen) atoms. The molecule has 8 heteroatoms. The van der Waals surface area contributed by atoms with Crippen LogP contribution in [0.25, 0.3) is 0 Å². The van der Waals surface area contributed by atoms with Crippen molar-refractivity contribution in [2.24, 2.45) is 0 Å². The second kappa shape index (κ2) is 9.40. The van der Waals surface area contributed by atoms with Crippen LogP contribution in [0, 0.1) is 0 Å². The average Bonchev–Trinajstić information content (AvgIpc) is 2.71. The molecule has 0 atom stereocenters. The highest BCUT2D eigenvalue weighted by molar-refractivity contribution is 7.99. The van der Waals surface area contributed by atoms with Crippen molar-refractivity contribution in [3.8, 4) is 0 Å². The summed E-state index contributed by atoms with van der Waals surface area (Å²) in [6.45, 7) is 0. The van der Waals surface area contributed by atoms with E-state index < -0.39 is 27.5 Å². The summed E-state index contributed by atoms with van der Waals surface area (Å²) in [7, 11) is -10.4. The van der Waals surface area contributed by atoms with Crippen LogP contribution in [-0.2, 0) is 23.9 Å². The maximum atomic E-state index is 12.2. The molecule has 0 bridgehead atoms. The van der Waals surface area contributed by atoms with Crippen LogP contribution < -0.4 is 15.9 Å². The lowest BCUT2D eigenvalue weighted by Gasteiger charge is -2.27. The molecule has 158 valence electrons. The molecule has 3 aromatic carbocycles. The second-order valence-corrected chi connectivity index (χ2v) is 14.0. The summed E-state index contributed by atoms with van der Waals surface area (Å²) in [6, 6.07) is 30.3. The Morgan fingerprint density at radius 2 is 1.03 bits per heavy atom. The van der Waals surface area contributed by atoms with Gasteiger partial charge >= 0.3 is 0 Å². The van der Waals surface area contributed by atoms with Crippen LogP contribution >= 0.6 is 7.26 Å². The molecule has 0 fully saturated rings. The van der Waals surface area contributed by atoms with Gasteiger partial charge in [-0.3, -0.25) is 0 Å². The summed E-state index contributed by atoms with van der Waals surface area (Å²) in [5, 5.41) is 3.43. The van der Waals surface area contributed by atoms with E-state index in [4.69, 9.17) is 0 Å². The maximum absolute atomic E-state index is 12.2. The van der Waals surface area contributed by atoms with E-state index in [1.54, 1.807) is 0 Å². The molecule has 0 unspecified atom stereocenters. The van der Waals surface area contributed by atoms with Crippen LogP contribution in [0.1, 0.15) is 6.42 Å². The van der Waals surface area contributed by atoms with E-state index in [0.29, 0.717) is 6.16 Å². The van der Waals surface area contributed by atoms with Crippen LogP contribution in [0.4, 0.5) is 0 Å². The number of hydrogen-bond donors (Lipinski definition) is 0. The summed E-state index contributed by atoms with van der Waals surface area (Å²) in [4.78, 5) is 0. The number of benzene rings is 3. The second-order valence-electron chi connectivity index (χ2n) is 6.93. The van der Waals surface area contributed by atoms with Gasteiger partial charge in [0.1, 0.15) is 23.2 Å². The fraction of sp³-hybridized carbons (Fsp3) is 0.182. The first-order valence-electron chi connectivity index (χ1n) is 9.42. The lowest BCUT2D eigenvalue weighted by Crippen LogP contribution is -2.34. The van der Waals surface area contributed by atoms with Crippen LogP contribution in [0.3, 0.4) is 0 Å². The summed E-state index contributed by atoms with van der Waals surface area (Å²) in [5.41, 5.74) is 0. The molecule has 0 saturated heterocycles. The van der Waals surface area contributed by atoms with E-state index >= 15 is 0 Å². The standard InChI is InChI=1S/C22H24O5PS2/c1-29(23,24)27-30(25,26)19-11-18-28(20-12-5-2-6-13-20,21-14-7-3-8-15-21)22-16-9-4-10-17-22/h2-10,12-17H,11,18-19H2,1H3/q+1. The van der Waals surface area contributed by atoms with E-state index in [0.717, 1.165) is 22.2 Å². The van der Waals surface area contributed by atoms with E-state index in [-0.39, 0.29) is 12.2 Å². The van der Waals surface area contributed by atoms with Crippen molar-refractivity contribution in [3.05, 3.63) is 91.0 Å². The number of hydrogen-bond acceptors (Lipinski definition) is 5. The smallest absolute Gasteiger partial charge is 0.199 e. The van der Waals surface area contributed by atoms with Crippen molar-refractivity contribution < 1.29 is 20.5 Å². The highest BCUT2D eigenvalue weighted by Crippen LogP contribution is 2.55. The van der Waals surface area contributed by atoms with Crippen molar-refractivity contribution in [3.63, 3.8) is 0 Å². The van der Waals surface area contributed by atoms with E-state index in [2.05, 4.69) is 40.0 Å². The minimum atomic E-state index is -4.18. The fourth-order valence-electron chi connectivity index (χ4n) is 3.58. The molecule has 0 heterocycles. The van der Waals surface area contributed by atoms with Gasteiger partial charge in [0, 0.05) is 0 Å². The Kier molecular flexibility index (Phi) is 7.09. The highest BCUT2D eigenvalue weighted by atomic mass is 32.3. The van der Waals surface area contributed by atoms with Crippen molar-refractivity contribution >= 4 is 43.4 Å². The Hall–Kier alpha value is -2.05. The van der Waals surface area contributed by atoms with E-state index in [9.17, 15) is 16.8 Å². The van der Waals surface area contributed by atoms with E-state index in [1.807, 2.05) is 54.6 Å². The largest absolute Gasteiger partial charge is 0.281 e. The van der Waals surface area contributed by atoms with Crippen LogP contribution in [0.2, 0.25) is 0 Å². The summed E-state index contributed by atoms with van der Waals surface area (Å²) >= 11 is 0. The van der Waals surface area contributed by atoms with Gasteiger partial charge in [-0.05, 0) is 42.8 Å². The summed E-state index contributed by atoms with van der Waals surface area (Å²) in [5.74, 6) is -0.367. The summed E-state index contributed by atoms with van der Waals surface area (Å²) in [6.07, 6.45) is 1.57. The molecule has 3 rings (SSSR count). The minimum Gasteiger partial charge on any atom is -0.199 e. The third-order valence-corrected chi connectivity index (χ3v) is 11.8. The van der Waals surface area contributed by atoms with Gasteiger partial charge in [0.25, 0.3) is 20.2 Å². The van der Waals surface area contributed by atoms with Crippen LogP contribution in [0.15, 0.2) is 91.0 Å². The minimum absolute atomic E-state index is 0.268. The monoisotopic (exact) mass is 463 g/mol. The van der Waals surface area contributed by atoms with Crippen molar-refractivity contribution in [2.75, 3.05) is 18.2 Å². The Bertz CT molecular complexity index is 1070. The zero-order valence-electron chi connectivity index (χ0n) is 16.6. The molecule has 3 aromatic rings. The molecule has 0 amide bonds. The maximum Gasteiger partial charge on any atom is 0.281 e. The van der Waals surface area contributed by atoms with Gasteiger partial charge in [-0.2, -0.15) is 16.8 Å². The zero-order chi connectivity index (χ0) is 21.7. The normalized spacial score (nSPS) is 12.6. The third kappa shape index (κ3) is 5.55. The van der Waals surface area contributed by atoms with Crippen molar-refractivity contribution in [1.29, 1.82) is 0 Å². The fourth-order valence-corrected chi connectivity index (χ4v) is 10.4. The van der Waals surface area contributed by atoms with Crippen LogP contribution in [0.5, 0.6) is 0 Å². The van der Waals surface area contributed by atoms with Gasteiger partial charge < -0.3 is 0 Å². The molecule has 0 saturated carbocycles. The molecule has 0 aliphatic rings. The third-order valence-electron chi connectivity index (χ3n) is 4.71. The van der Waals surface area contributed by atoms with Crippen LogP contribution in [-0.4, -0.2) is 35.0 Å². The first-order chi connectivity index (χ1) is 14.2. The molecule has 0 spiro atoms. The summed E-state index contributed by atoms with van der Waals surface area (Å²) < 4.78 is 51.2. The Morgan fingerprint density at radius 1 is 0.667 bits per heavy atom. The lowest BCUT2D eigenvalue weighted by molar-refractivity contribution is 0.466. The number of rotatable bonds is 9. The van der Waals surface area contributed by atoms with Crippen molar-refractivity contribution in [2.45, 2.75) is 6.42 Å². The Morgan fingerprint density at radius 3 is 1.37 bits per heavy atom. The predicted molar refractivity (Wildman–Crippen MR) is 124 cm³/mol. The van der Waals surface area contributed by atoms with E-state index in [1.165, 1.54) is 0 Å². The first-order valence-corrected chi connectivity index (χ1v) is 14.8. The van der Waals surface area contributed by atoms with Gasteiger partial charge in [-0.25, -0.2) is 0 Å². The predicted octanol–water partition coefficient (Wildman–Crippen LogP) is 2.68. The van der Waals surface area contributed by atoms with Crippen molar-refractivity contribution in [1.82, 2.24) is 0 Å². The molecule has 5 nitrogen and oxygen atoms in total. The first kappa shape index (κ1) is 22.6. The molecule has 0 aliphatic heterocycles. The SMILES string of the molecule is CS(=O)(=O)OS(=O)(=O)CCC[P+](c1ccccc1)(c1ccccc1)c1ccccc1. The highest BCUT2D eigenvalue weighted by Gasteiger charge is 2.44. The van der Waals surface area contributed by atoms with Gasteiger partial charge in [0.2, 0.25) is 0 Å². The zero-order valence-corrected chi connectivity index (χ0v) is 19.1. The molecule has 0 aliphatic carbocycles. The molecular weight excluding hydrogens is 439 g/mol. The molecular formula is C22H24O5PS2+. The molecule has 0 N–H and O–H groups in total. The van der Waals surface area contributed by atoms with Gasteiger partial charge in [0.05, 0.1) is 18.2 Å². The average molecular weight is 464 g/mol. The quantitative estimate of drug-likeness (QED) is 0.456. The Balaban J connectivity index is 2.06. The van der Waals surface area contributed by atoms with Gasteiger partial charge in [0.15, 0.2) is 0 Å². The molecule has 0 aromatic heterocycles. The van der Waals surface area contributed by atoms with Gasteiger partial charge in [-0.15, -0.1) is 3.63 Å². The lowest BCUT2D eigenvalue weighted by atomic mass is 10.4. The topological polar surface area (TPSA) is 77.5 Å². The van der Waals surface area contributed by atoms with Gasteiger partial charge in [-0.1, -0.05) is 54.6 Å².